The first-order valence-corrected chi connectivity index (χ1v) is 46.6. The molecule has 114 heavy (non-hydrogen) atoms. The summed E-state index contributed by atoms with van der Waals surface area (Å²) in [6.07, 6.45) is 16.4. The van der Waals surface area contributed by atoms with E-state index in [1.54, 1.807) is 33.3 Å². The maximum absolute atomic E-state index is 12.8. The SMILES string of the molecule is C=CC(=O)N1CCN(c2nc(OCCCN3CCCCC3)nc3c2CCN(c2c(C)ccc4[nH]ncc24)C3)CC1.CSc1nc2c(c(N3CCN(C(=O)OCc4ccccc4)CC3)n1)CCN(c1c(C)ccc3c1cnn3COCC[Si](C)(C)C)C2.CSc1nc2c(c(N3CCN(C(=O)OCc4ccccc4)CC3)n1)CCNC2. The van der Waals surface area contributed by atoms with Gasteiger partial charge in [-0.05, 0) is 131 Å². The lowest BCUT2D eigenvalue weighted by Gasteiger charge is -2.38. The molecule has 0 radical (unpaired) electrons. The molecule has 0 spiro atoms. The molecule has 4 saturated heterocycles. The molecule has 16 rings (SSSR count). The maximum Gasteiger partial charge on any atom is 0.410 e. The second-order valence-corrected chi connectivity index (χ2v) is 38.5. The molecule has 9 aromatic rings. The van der Waals surface area contributed by atoms with Crippen LogP contribution in [-0.2, 0) is 77.8 Å². The Morgan fingerprint density at radius 1 is 0.553 bits per heavy atom. The van der Waals surface area contributed by atoms with Gasteiger partial charge in [0.05, 0.1) is 71.6 Å². The van der Waals surface area contributed by atoms with Gasteiger partial charge in [0, 0.05) is 147 Å². The number of amides is 3. The first-order valence-electron chi connectivity index (χ1n) is 40.4. The number of carbonyl (C=O) groups excluding carboxylic acids is 3. The van der Waals surface area contributed by atoms with Gasteiger partial charge in [-0.3, -0.25) is 9.89 Å². The summed E-state index contributed by atoms with van der Waals surface area (Å²) >= 11 is 3.14. The van der Waals surface area contributed by atoms with Crippen molar-refractivity contribution in [3.05, 3.63) is 166 Å². The molecule has 2 N–H and O–H groups in total. The van der Waals surface area contributed by atoms with E-state index in [9.17, 15) is 14.4 Å². The Labute approximate surface area is 678 Å². The van der Waals surface area contributed by atoms with E-state index in [2.05, 4.69) is 114 Å². The number of piperidine rings is 1. The van der Waals surface area contributed by atoms with Gasteiger partial charge in [0.2, 0.25) is 5.91 Å². The number of nitrogens with zero attached hydrogens (tertiary/aromatic N) is 18. The van der Waals surface area contributed by atoms with Crippen molar-refractivity contribution in [2.45, 2.75) is 134 Å². The maximum atomic E-state index is 12.8. The minimum atomic E-state index is -1.14. The fraction of sp³-hybridized carbons (Fsp3) is 0.488. The molecule has 7 aliphatic rings. The third-order valence-corrected chi connectivity index (χ3v) is 25.2. The minimum absolute atomic E-state index is 0.0125. The Balaban J connectivity index is 0.000000146. The number of benzene rings is 4. The Hall–Kier alpha value is -9.59. The summed E-state index contributed by atoms with van der Waals surface area (Å²) in [6, 6.07) is 29.8. The van der Waals surface area contributed by atoms with Crippen LogP contribution in [0, 0.1) is 13.8 Å². The quantitative estimate of drug-likeness (QED) is 0.0210. The van der Waals surface area contributed by atoms with E-state index in [-0.39, 0.29) is 24.7 Å². The van der Waals surface area contributed by atoms with Crippen molar-refractivity contribution in [2.24, 2.45) is 0 Å². The topological polar surface area (TPSA) is 253 Å². The standard InChI is InChI=1S/C34H45N7O3SSi.C30H40N8O2.C20H25N5O2S/c1-25-11-12-30-28(21-35-41(30)24-43-19-20-46(3,4)5)31(25)40-14-13-27-29(22-40)36-33(45-2)37-32(27)38-15-17-39(18-16-38)34(42)44-23-26-9-7-6-8-10-26;1-3-27(39)36-15-17-37(18-16-36)29-23-10-14-38(28-22(2)8-9-25-24(28)20-31-34-25)21-26(23)32-30(33-29)40-19-7-13-35-11-5-4-6-12-35;1-28-19-22-17-13-21-8-7-16(17)18(23-19)24-9-11-25(12-10-24)20(26)27-14-15-5-3-2-4-6-15/h6-12,21H,13-20,22-24H2,1-5H3;3,8-9,20H,1,4-7,10-19,21H2,2H3,(H,31,34);2-6,21H,7-14H2,1H3. The van der Waals surface area contributed by atoms with Crippen LogP contribution >= 0.6 is 23.5 Å². The average Bonchev–Trinajstić information content (AvgIpc) is 1.45. The number of H-pyrrole nitrogens is 1. The Kier molecular flexibility index (Phi) is 27.2. The number of hydrogen-bond acceptors (Lipinski definition) is 24. The molecule has 0 bridgehead atoms. The summed E-state index contributed by atoms with van der Waals surface area (Å²) < 4.78 is 25.3. The molecule has 0 saturated carbocycles. The van der Waals surface area contributed by atoms with Crippen molar-refractivity contribution in [1.29, 1.82) is 0 Å². The normalized spacial score (nSPS) is 16.7. The number of carbonyl (C=O) groups is 3. The van der Waals surface area contributed by atoms with Crippen molar-refractivity contribution >= 4 is 100 Å². The molecule has 7 aliphatic heterocycles. The largest absolute Gasteiger partial charge is 0.463 e. The molecule has 4 fully saturated rings. The minimum Gasteiger partial charge on any atom is -0.463 e. The van der Waals surface area contributed by atoms with Crippen LogP contribution in [0.15, 0.2) is 120 Å². The monoisotopic (exact) mass is 1600 g/mol. The number of rotatable bonds is 22. The van der Waals surface area contributed by atoms with Crippen LogP contribution in [-0.4, -0.2) is 239 Å². The van der Waals surface area contributed by atoms with Crippen LogP contribution in [0.4, 0.5) is 38.4 Å². The van der Waals surface area contributed by atoms with Crippen LogP contribution in [0.1, 0.15) is 81.7 Å². The molecule has 0 atom stereocenters. The number of likely N-dealkylation sites (tertiary alicyclic amines) is 1. The highest BCUT2D eigenvalue weighted by atomic mass is 32.2. The number of hydrogen-bond donors (Lipinski definition) is 2. The highest BCUT2D eigenvalue weighted by molar-refractivity contribution is 7.98. The summed E-state index contributed by atoms with van der Waals surface area (Å²) in [7, 11) is -1.14. The van der Waals surface area contributed by atoms with Crippen molar-refractivity contribution < 1.29 is 33.3 Å². The highest BCUT2D eigenvalue weighted by Crippen LogP contribution is 2.39. The summed E-state index contributed by atoms with van der Waals surface area (Å²) in [5.41, 5.74) is 15.8. The predicted molar refractivity (Wildman–Crippen MR) is 454 cm³/mol. The van der Waals surface area contributed by atoms with Crippen LogP contribution in [0.2, 0.25) is 25.7 Å². The highest BCUT2D eigenvalue weighted by Gasteiger charge is 2.34. The number of thioether (sulfide) groups is 2. The van der Waals surface area contributed by atoms with E-state index in [1.807, 2.05) is 95.2 Å². The number of fused-ring (bicyclic) bond motifs is 5. The second kappa shape index (κ2) is 38.2. The first kappa shape index (κ1) is 81.0. The van der Waals surface area contributed by atoms with Crippen LogP contribution in [0.5, 0.6) is 6.01 Å². The molecule has 604 valence electrons. The zero-order valence-corrected chi connectivity index (χ0v) is 69.9. The lowest BCUT2D eigenvalue weighted by molar-refractivity contribution is -0.126. The molecule has 4 aromatic carbocycles. The number of aromatic amines is 1. The smallest absolute Gasteiger partial charge is 0.410 e. The van der Waals surface area contributed by atoms with Gasteiger partial charge < -0.3 is 68.4 Å². The summed E-state index contributed by atoms with van der Waals surface area (Å²) in [4.78, 5) is 86.4. The number of ether oxygens (including phenoxy) is 4. The van der Waals surface area contributed by atoms with Gasteiger partial charge in [-0.1, -0.05) is 129 Å². The van der Waals surface area contributed by atoms with Gasteiger partial charge in [-0.25, -0.2) is 34.2 Å². The lowest BCUT2D eigenvalue weighted by Crippen LogP contribution is -2.49. The molecular formula is C84H110N20O7S2Si. The molecule has 12 heterocycles. The molecule has 3 amide bonds. The Morgan fingerprint density at radius 2 is 1.09 bits per heavy atom. The number of anilines is 5. The third kappa shape index (κ3) is 20.0. The van der Waals surface area contributed by atoms with Crippen molar-refractivity contribution in [3.8, 4) is 6.01 Å². The number of piperazine rings is 3. The Bertz CT molecular complexity index is 4770. The molecule has 5 aromatic heterocycles. The fourth-order valence-corrected chi connectivity index (χ4v) is 17.6. The van der Waals surface area contributed by atoms with Crippen molar-refractivity contribution in [3.63, 3.8) is 0 Å². The average molecular weight is 1600 g/mol. The van der Waals surface area contributed by atoms with Crippen LogP contribution in [0.3, 0.4) is 0 Å². The fourth-order valence-electron chi connectivity index (χ4n) is 16.1. The van der Waals surface area contributed by atoms with Crippen molar-refractivity contribution in [1.82, 2.24) is 74.8 Å². The van der Waals surface area contributed by atoms with E-state index in [1.165, 1.54) is 77.6 Å². The summed E-state index contributed by atoms with van der Waals surface area (Å²) in [5.74, 6) is 2.99. The van der Waals surface area contributed by atoms with Crippen molar-refractivity contribution in [2.75, 3.05) is 168 Å². The zero-order valence-electron chi connectivity index (χ0n) is 67.3. The van der Waals surface area contributed by atoms with Gasteiger partial charge in [-0.2, -0.15) is 20.2 Å². The molecular weight excluding hydrogens is 1490 g/mol. The molecule has 27 nitrogen and oxygen atoms in total. The van der Waals surface area contributed by atoms with E-state index >= 15 is 0 Å². The third-order valence-electron chi connectivity index (χ3n) is 22.4. The summed E-state index contributed by atoms with van der Waals surface area (Å²) in [5, 5.41) is 19.4. The van der Waals surface area contributed by atoms with Gasteiger partial charge in [0.25, 0.3) is 0 Å². The van der Waals surface area contributed by atoms with E-state index in [0.29, 0.717) is 91.4 Å². The van der Waals surface area contributed by atoms with E-state index in [0.717, 1.165) is 175 Å². The predicted octanol–water partition coefficient (Wildman–Crippen LogP) is 11.8. The number of aromatic nitrogens is 10. The second-order valence-electron chi connectivity index (χ2n) is 31.3. The van der Waals surface area contributed by atoms with Gasteiger partial charge >= 0.3 is 18.2 Å². The number of aryl methyl sites for hydroxylation is 2. The molecule has 0 aliphatic carbocycles. The number of nitrogens with one attached hydrogen (secondary N) is 2. The summed E-state index contributed by atoms with van der Waals surface area (Å²) in [6.45, 7) is 34.0. The van der Waals surface area contributed by atoms with E-state index in [4.69, 9.17) is 49.0 Å². The Morgan fingerprint density at radius 3 is 1.66 bits per heavy atom. The first-order chi connectivity index (χ1) is 55.5. The van der Waals surface area contributed by atoms with Gasteiger partial charge in [-0.15, -0.1) is 0 Å². The molecule has 0 unspecified atom stereocenters. The van der Waals surface area contributed by atoms with Crippen LogP contribution < -0.4 is 34.6 Å². The van der Waals surface area contributed by atoms with Gasteiger partial charge in [0.15, 0.2) is 10.3 Å². The molecule has 30 heteroatoms. The zero-order chi connectivity index (χ0) is 79.1. The van der Waals surface area contributed by atoms with Gasteiger partial charge in [0.1, 0.15) is 37.4 Å². The van der Waals surface area contributed by atoms with Crippen LogP contribution in [0.25, 0.3) is 21.8 Å². The lowest BCUT2D eigenvalue weighted by atomic mass is 10.0. The van der Waals surface area contributed by atoms with E-state index < -0.39 is 8.07 Å².